The summed E-state index contributed by atoms with van der Waals surface area (Å²) in [4.78, 5) is 7.26. The molecule has 0 bridgehead atoms. The molecule has 29 heavy (non-hydrogen) atoms. The predicted octanol–water partition coefficient (Wildman–Crippen LogP) is 0.402. The van der Waals surface area contributed by atoms with E-state index in [1.807, 2.05) is 0 Å². The Hall–Kier alpha value is -1.71. The molecule has 164 valence electrons. The number of nitrogens with one attached hydrogen (secondary N) is 2. The maximum atomic E-state index is 9.75. The summed E-state index contributed by atoms with van der Waals surface area (Å²) in [7, 11) is 0. The number of aliphatic hydroxyl groups excluding tert-OH is 1. The molecule has 3 N–H and O–H groups in total. The van der Waals surface area contributed by atoms with Gasteiger partial charge in [0.25, 0.3) is 0 Å². The van der Waals surface area contributed by atoms with E-state index in [1.165, 1.54) is 0 Å². The molecule has 0 aromatic carbocycles. The lowest BCUT2D eigenvalue weighted by molar-refractivity contribution is 0.0377. The molecule has 2 aliphatic rings. The number of ether oxygens (including phenoxy) is 1. The number of guanidine groups is 1. The van der Waals surface area contributed by atoms with E-state index in [1.54, 1.807) is 6.33 Å². The molecule has 1 aromatic heterocycles. The van der Waals surface area contributed by atoms with Gasteiger partial charge in [0.2, 0.25) is 0 Å². The fraction of sp³-hybridized carbons (Fsp3) is 0.850. The zero-order valence-electron chi connectivity index (χ0n) is 17.7. The third kappa shape index (κ3) is 7.56. The Morgan fingerprint density at radius 3 is 2.79 bits per heavy atom. The van der Waals surface area contributed by atoms with E-state index in [9.17, 15) is 5.11 Å². The topological polar surface area (TPSA) is 99.8 Å². The molecule has 1 saturated heterocycles. The van der Waals surface area contributed by atoms with E-state index < -0.39 is 0 Å². The van der Waals surface area contributed by atoms with Crippen LogP contribution in [0, 0.1) is 0 Å². The summed E-state index contributed by atoms with van der Waals surface area (Å²) in [6.45, 7) is 9.28. The fourth-order valence-electron chi connectivity index (χ4n) is 3.91. The Labute approximate surface area is 173 Å². The van der Waals surface area contributed by atoms with Gasteiger partial charge in [0, 0.05) is 51.7 Å². The van der Waals surface area contributed by atoms with Crippen molar-refractivity contribution in [1.29, 1.82) is 0 Å². The summed E-state index contributed by atoms with van der Waals surface area (Å²) >= 11 is 0. The first-order chi connectivity index (χ1) is 14.2. The lowest BCUT2D eigenvalue weighted by Crippen LogP contribution is -2.46. The maximum absolute atomic E-state index is 9.75. The number of morpholine rings is 1. The highest BCUT2D eigenvalue weighted by Crippen LogP contribution is 2.18. The molecule has 0 atom stereocenters. The molecule has 1 aliphatic heterocycles. The molecule has 1 saturated carbocycles. The highest BCUT2D eigenvalue weighted by atomic mass is 16.5. The second kappa shape index (κ2) is 12.1. The molecular formula is C20H37N7O2. The minimum atomic E-state index is -0.142. The molecule has 0 spiro atoms. The van der Waals surface area contributed by atoms with Crippen LogP contribution < -0.4 is 10.6 Å². The maximum Gasteiger partial charge on any atom is 0.191 e. The van der Waals surface area contributed by atoms with Gasteiger partial charge < -0.3 is 25.0 Å². The average molecular weight is 408 g/mol. The number of hydrogen-bond acceptors (Lipinski definition) is 6. The van der Waals surface area contributed by atoms with Gasteiger partial charge in [-0.1, -0.05) is 6.92 Å². The van der Waals surface area contributed by atoms with Gasteiger partial charge in [-0.15, -0.1) is 10.2 Å². The van der Waals surface area contributed by atoms with Crippen LogP contribution in [0.15, 0.2) is 11.3 Å². The van der Waals surface area contributed by atoms with Crippen molar-refractivity contribution in [2.75, 3.05) is 45.9 Å². The van der Waals surface area contributed by atoms with Gasteiger partial charge in [-0.05, 0) is 32.1 Å². The fourth-order valence-corrected chi connectivity index (χ4v) is 3.91. The third-order valence-corrected chi connectivity index (χ3v) is 5.70. The molecule has 2 heterocycles. The molecule has 9 heteroatoms. The largest absolute Gasteiger partial charge is 0.393 e. The Balaban J connectivity index is 1.46. The summed E-state index contributed by atoms with van der Waals surface area (Å²) in [6.07, 6.45) is 7.27. The first-order valence-corrected chi connectivity index (χ1v) is 11.1. The Morgan fingerprint density at radius 2 is 2.03 bits per heavy atom. The van der Waals surface area contributed by atoms with E-state index in [-0.39, 0.29) is 6.10 Å². The quantitative estimate of drug-likeness (QED) is 0.310. The first-order valence-electron chi connectivity index (χ1n) is 11.1. The van der Waals surface area contributed by atoms with Crippen molar-refractivity contribution < 1.29 is 9.84 Å². The van der Waals surface area contributed by atoms with Gasteiger partial charge in [-0.3, -0.25) is 9.89 Å². The Kier molecular flexibility index (Phi) is 9.17. The number of aliphatic hydroxyl groups is 1. The summed E-state index contributed by atoms with van der Waals surface area (Å²) < 4.78 is 7.49. The predicted molar refractivity (Wildman–Crippen MR) is 113 cm³/mol. The van der Waals surface area contributed by atoms with Crippen LogP contribution in [0.1, 0.15) is 44.9 Å². The molecule has 0 radical (unpaired) electrons. The standard InChI is InChI=1S/C20H37N7O2/c1-2-19-25-23-16-27(19)11-9-22-20(24-17-4-6-18(28)7-5-17)21-8-3-10-26-12-14-29-15-13-26/h16-18,28H,2-15H2,1H3,(H2,21,22,24). The minimum absolute atomic E-state index is 0.142. The SMILES string of the molecule is CCc1nncn1CCNC(=NCCCN1CCOCC1)NC1CCC(O)CC1. The monoisotopic (exact) mass is 407 g/mol. The van der Waals surface area contributed by atoms with Gasteiger partial charge in [-0.25, -0.2) is 0 Å². The van der Waals surface area contributed by atoms with E-state index in [0.717, 1.165) is 103 Å². The van der Waals surface area contributed by atoms with Crippen LogP contribution in [0.3, 0.4) is 0 Å². The van der Waals surface area contributed by atoms with Crippen LogP contribution in [-0.2, 0) is 17.7 Å². The summed E-state index contributed by atoms with van der Waals surface area (Å²) in [5.74, 6) is 1.88. The van der Waals surface area contributed by atoms with Gasteiger partial charge in [0.05, 0.1) is 19.3 Å². The van der Waals surface area contributed by atoms with Crippen molar-refractivity contribution in [2.24, 2.45) is 4.99 Å². The smallest absolute Gasteiger partial charge is 0.191 e. The number of nitrogens with zero attached hydrogens (tertiary/aromatic N) is 5. The van der Waals surface area contributed by atoms with Crippen molar-refractivity contribution in [1.82, 2.24) is 30.3 Å². The molecule has 9 nitrogen and oxygen atoms in total. The molecule has 1 aliphatic carbocycles. The van der Waals surface area contributed by atoms with Gasteiger partial charge in [0.15, 0.2) is 5.96 Å². The average Bonchev–Trinajstić information content (AvgIpc) is 3.21. The van der Waals surface area contributed by atoms with Crippen molar-refractivity contribution in [3.63, 3.8) is 0 Å². The van der Waals surface area contributed by atoms with Gasteiger partial charge >= 0.3 is 0 Å². The lowest BCUT2D eigenvalue weighted by Gasteiger charge is -2.28. The number of rotatable bonds is 9. The van der Waals surface area contributed by atoms with Crippen LogP contribution in [-0.4, -0.2) is 88.8 Å². The summed E-state index contributed by atoms with van der Waals surface area (Å²) in [5, 5.41) is 24.9. The molecule has 3 rings (SSSR count). The van der Waals surface area contributed by atoms with Gasteiger partial charge in [0.1, 0.15) is 12.2 Å². The first kappa shape index (κ1) is 22.0. The molecule has 2 fully saturated rings. The Bertz CT molecular complexity index is 608. The number of aryl methyl sites for hydroxylation is 1. The lowest BCUT2D eigenvalue weighted by atomic mass is 9.93. The Morgan fingerprint density at radius 1 is 1.24 bits per heavy atom. The highest BCUT2D eigenvalue weighted by molar-refractivity contribution is 5.80. The van der Waals surface area contributed by atoms with E-state index in [4.69, 9.17) is 9.73 Å². The summed E-state index contributed by atoms with van der Waals surface area (Å²) in [6, 6.07) is 0.380. The molecular weight excluding hydrogens is 370 g/mol. The van der Waals surface area contributed by atoms with Crippen LogP contribution in [0.25, 0.3) is 0 Å². The van der Waals surface area contributed by atoms with Crippen molar-refractivity contribution in [3.8, 4) is 0 Å². The summed E-state index contributed by atoms with van der Waals surface area (Å²) in [5.41, 5.74) is 0. The van der Waals surface area contributed by atoms with E-state index in [0.29, 0.717) is 6.04 Å². The molecule has 1 aromatic rings. The zero-order chi connectivity index (χ0) is 20.3. The van der Waals surface area contributed by atoms with Crippen LogP contribution in [0.4, 0.5) is 0 Å². The van der Waals surface area contributed by atoms with E-state index >= 15 is 0 Å². The van der Waals surface area contributed by atoms with Crippen LogP contribution >= 0.6 is 0 Å². The van der Waals surface area contributed by atoms with Crippen LogP contribution in [0.2, 0.25) is 0 Å². The van der Waals surface area contributed by atoms with Gasteiger partial charge in [-0.2, -0.15) is 0 Å². The third-order valence-electron chi connectivity index (χ3n) is 5.70. The minimum Gasteiger partial charge on any atom is -0.393 e. The second-order valence-corrected chi connectivity index (χ2v) is 7.91. The number of aromatic nitrogens is 3. The zero-order valence-corrected chi connectivity index (χ0v) is 17.7. The second-order valence-electron chi connectivity index (χ2n) is 7.91. The number of aliphatic imine (C=N–C) groups is 1. The molecule has 0 unspecified atom stereocenters. The van der Waals surface area contributed by atoms with Crippen LogP contribution in [0.5, 0.6) is 0 Å². The number of hydrogen-bond donors (Lipinski definition) is 3. The normalized spacial score (nSPS) is 23.9. The highest BCUT2D eigenvalue weighted by Gasteiger charge is 2.20. The van der Waals surface area contributed by atoms with Crippen molar-refractivity contribution >= 4 is 5.96 Å². The van der Waals surface area contributed by atoms with E-state index in [2.05, 4.69) is 37.2 Å². The van der Waals surface area contributed by atoms with Crippen molar-refractivity contribution in [3.05, 3.63) is 12.2 Å². The molecule has 0 amide bonds. The van der Waals surface area contributed by atoms with Crippen molar-refractivity contribution in [2.45, 2.75) is 64.1 Å².